The lowest BCUT2D eigenvalue weighted by molar-refractivity contribution is -0.121. The molecule has 3 N–H and O–H groups in total. The predicted octanol–water partition coefficient (Wildman–Crippen LogP) is 2.61. The second-order valence-electron chi connectivity index (χ2n) is 6.46. The number of nitrogens with two attached hydrogens (primary N) is 1. The highest BCUT2D eigenvalue weighted by Gasteiger charge is 2.18. The van der Waals surface area contributed by atoms with E-state index < -0.39 is 0 Å². The molecule has 1 atom stereocenters. The average molecular weight is 292 g/mol. The number of carbonyl (C=O) groups excluding carboxylic acids is 1. The van der Waals surface area contributed by atoms with E-state index >= 15 is 0 Å². The van der Waals surface area contributed by atoms with Gasteiger partial charge in [-0.3, -0.25) is 4.79 Å². The van der Waals surface area contributed by atoms with Crippen LogP contribution in [0, 0.1) is 0 Å². The first-order valence-electron chi connectivity index (χ1n) is 7.55. The molecule has 0 spiro atoms. The maximum atomic E-state index is 11.6. The van der Waals surface area contributed by atoms with Gasteiger partial charge in [0.1, 0.15) is 12.4 Å². The molecule has 0 heterocycles. The van der Waals surface area contributed by atoms with E-state index in [9.17, 15) is 4.79 Å². The van der Waals surface area contributed by atoms with E-state index in [0.717, 1.165) is 5.75 Å². The summed E-state index contributed by atoms with van der Waals surface area (Å²) in [6.45, 7) is 9.36. The third-order valence-corrected chi connectivity index (χ3v) is 3.20. The monoisotopic (exact) mass is 292 g/mol. The Labute approximate surface area is 128 Å². The van der Waals surface area contributed by atoms with Gasteiger partial charge in [0.05, 0.1) is 6.54 Å². The van der Waals surface area contributed by atoms with Crippen molar-refractivity contribution in [2.45, 2.75) is 52.0 Å². The van der Waals surface area contributed by atoms with Gasteiger partial charge < -0.3 is 15.8 Å². The van der Waals surface area contributed by atoms with Crippen LogP contribution in [0.1, 0.15) is 46.1 Å². The molecule has 4 heteroatoms. The highest BCUT2D eigenvalue weighted by atomic mass is 16.5. The van der Waals surface area contributed by atoms with Crippen LogP contribution in [0.5, 0.6) is 5.75 Å². The second-order valence-corrected chi connectivity index (χ2v) is 6.46. The zero-order valence-electron chi connectivity index (χ0n) is 13.6. The van der Waals surface area contributed by atoms with Gasteiger partial charge in [0.25, 0.3) is 0 Å². The van der Waals surface area contributed by atoms with Crippen molar-refractivity contribution in [1.82, 2.24) is 5.32 Å². The molecule has 1 amide bonds. The fraction of sp³-hybridized carbons (Fsp3) is 0.588. The lowest BCUT2D eigenvalue weighted by atomic mass is 9.86. The largest absolute Gasteiger partial charge is 0.491 e. The Balaban J connectivity index is 2.38. The molecule has 118 valence electrons. The van der Waals surface area contributed by atoms with Crippen molar-refractivity contribution in [3.8, 4) is 5.75 Å². The quantitative estimate of drug-likeness (QED) is 0.759. The number of rotatable bonds is 7. The summed E-state index contributed by atoms with van der Waals surface area (Å²) in [6, 6.07) is 8.09. The van der Waals surface area contributed by atoms with Gasteiger partial charge in [0, 0.05) is 12.5 Å². The zero-order valence-corrected chi connectivity index (χ0v) is 13.6. The Bertz CT molecular complexity index is 450. The van der Waals surface area contributed by atoms with Crippen LogP contribution < -0.4 is 15.8 Å². The Kier molecular flexibility index (Phi) is 6.69. The number of hydrogen-bond acceptors (Lipinski definition) is 3. The fourth-order valence-electron chi connectivity index (χ4n) is 2.01. The van der Waals surface area contributed by atoms with E-state index in [1.165, 1.54) is 5.56 Å². The number of benzene rings is 1. The van der Waals surface area contributed by atoms with E-state index in [0.29, 0.717) is 26.0 Å². The Morgan fingerprint density at radius 2 is 2.00 bits per heavy atom. The van der Waals surface area contributed by atoms with Crippen molar-refractivity contribution in [2.24, 2.45) is 5.73 Å². The molecule has 0 saturated carbocycles. The summed E-state index contributed by atoms with van der Waals surface area (Å²) < 4.78 is 5.80. The van der Waals surface area contributed by atoms with Crippen molar-refractivity contribution >= 4 is 5.91 Å². The van der Waals surface area contributed by atoms with Gasteiger partial charge in [-0.05, 0) is 30.4 Å². The molecule has 0 saturated heterocycles. The minimum absolute atomic E-state index is 0.0278. The Morgan fingerprint density at radius 1 is 1.33 bits per heavy atom. The van der Waals surface area contributed by atoms with Crippen LogP contribution in [-0.2, 0) is 10.2 Å². The van der Waals surface area contributed by atoms with Gasteiger partial charge in [-0.25, -0.2) is 0 Å². The predicted molar refractivity (Wildman–Crippen MR) is 86.5 cm³/mol. The van der Waals surface area contributed by atoms with Crippen molar-refractivity contribution < 1.29 is 9.53 Å². The molecule has 0 bridgehead atoms. The number of para-hydroxylation sites is 1. The molecule has 0 aromatic heterocycles. The average Bonchev–Trinajstić information content (AvgIpc) is 2.40. The van der Waals surface area contributed by atoms with Crippen LogP contribution in [0.3, 0.4) is 0 Å². The summed E-state index contributed by atoms with van der Waals surface area (Å²) >= 11 is 0. The highest BCUT2D eigenvalue weighted by molar-refractivity contribution is 5.75. The van der Waals surface area contributed by atoms with Gasteiger partial charge in [0.2, 0.25) is 5.91 Å². The molecule has 1 aromatic rings. The molecule has 4 nitrogen and oxygen atoms in total. The first kappa shape index (κ1) is 17.5. The molecule has 1 aromatic carbocycles. The normalized spacial score (nSPS) is 12.8. The molecule has 1 rings (SSSR count). The smallest absolute Gasteiger partial charge is 0.220 e. The first-order chi connectivity index (χ1) is 9.80. The SMILES string of the molecule is CC(N)CCC(=O)NCCOc1ccccc1C(C)(C)C. The molecule has 0 fully saturated rings. The van der Waals surface area contributed by atoms with Crippen LogP contribution >= 0.6 is 0 Å². The minimum atomic E-state index is 0.0278. The van der Waals surface area contributed by atoms with Crippen molar-refractivity contribution in [1.29, 1.82) is 0 Å². The zero-order chi connectivity index (χ0) is 15.9. The number of ether oxygens (including phenoxy) is 1. The summed E-state index contributed by atoms with van der Waals surface area (Å²) in [5, 5.41) is 2.85. The lowest BCUT2D eigenvalue weighted by Gasteiger charge is -2.22. The summed E-state index contributed by atoms with van der Waals surface area (Å²) in [6.07, 6.45) is 1.18. The molecular weight excluding hydrogens is 264 g/mol. The second kappa shape index (κ2) is 8.03. The van der Waals surface area contributed by atoms with Crippen molar-refractivity contribution in [3.05, 3.63) is 29.8 Å². The van der Waals surface area contributed by atoms with Gasteiger partial charge in [0.15, 0.2) is 0 Å². The number of hydrogen-bond donors (Lipinski definition) is 2. The molecule has 0 aliphatic rings. The van der Waals surface area contributed by atoms with E-state index in [2.05, 4.69) is 32.2 Å². The van der Waals surface area contributed by atoms with Gasteiger partial charge in [-0.1, -0.05) is 39.0 Å². The van der Waals surface area contributed by atoms with Crippen LogP contribution in [-0.4, -0.2) is 25.1 Å². The van der Waals surface area contributed by atoms with Crippen LogP contribution in [0.2, 0.25) is 0 Å². The highest BCUT2D eigenvalue weighted by Crippen LogP contribution is 2.30. The van der Waals surface area contributed by atoms with Crippen molar-refractivity contribution in [2.75, 3.05) is 13.2 Å². The summed E-state index contributed by atoms with van der Waals surface area (Å²) in [5.41, 5.74) is 6.84. The third-order valence-electron chi connectivity index (χ3n) is 3.20. The molecule has 0 radical (unpaired) electrons. The molecule has 0 aliphatic carbocycles. The van der Waals surface area contributed by atoms with E-state index in [1.54, 1.807) is 0 Å². The van der Waals surface area contributed by atoms with Crippen LogP contribution in [0.15, 0.2) is 24.3 Å². The minimum Gasteiger partial charge on any atom is -0.491 e. The van der Waals surface area contributed by atoms with Crippen LogP contribution in [0.4, 0.5) is 0 Å². The maximum Gasteiger partial charge on any atom is 0.220 e. The van der Waals surface area contributed by atoms with Crippen LogP contribution in [0.25, 0.3) is 0 Å². The Morgan fingerprint density at radius 3 is 2.62 bits per heavy atom. The molecule has 1 unspecified atom stereocenters. The molecule has 21 heavy (non-hydrogen) atoms. The summed E-state index contributed by atoms with van der Waals surface area (Å²) in [4.78, 5) is 11.6. The maximum absolute atomic E-state index is 11.6. The number of amides is 1. The molecular formula is C17H28N2O2. The first-order valence-corrected chi connectivity index (χ1v) is 7.55. The summed E-state index contributed by atoms with van der Waals surface area (Å²) in [5.74, 6) is 0.912. The standard InChI is InChI=1S/C17H28N2O2/c1-13(18)9-10-16(20)19-11-12-21-15-8-6-5-7-14(15)17(2,3)4/h5-8,13H,9-12,18H2,1-4H3,(H,19,20). The van der Waals surface area contributed by atoms with Crippen molar-refractivity contribution in [3.63, 3.8) is 0 Å². The lowest BCUT2D eigenvalue weighted by Crippen LogP contribution is -2.29. The number of carbonyl (C=O) groups is 1. The fourth-order valence-corrected chi connectivity index (χ4v) is 2.01. The van der Waals surface area contributed by atoms with Gasteiger partial charge in [-0.15, -0.1) is 0 Å². The van der Waals surface area contributed by atoms with E-state index in [-0.39, 0.29) is 17.4 Å². The molecule has 0 aliphatic heterocycles. The Hall–Kier alpha value is -1.55. The topological polar surface area (TPSA) is 64.4 Å². The summed E-state index contributed by atoms with van der Waals surface area (Å²) in [7, 11) is 0. The van der Waals surface area contributed by atoms with Gasteiger partial charge >= 0.3 is 0 Å². The van der Waals surface area contributed by atoms with E-state index in [1.807, 2.05) is 25.1 Å². The van der Waals surface area contributed by atoms with Gasteiger partial charge in [-0.2, -0.15) is 0 Å². The third kappa shape index (κ3) is 6.63. The number of nitrogens with one attached hydrogen (secondary N) is 1. The van der Waals surface area contributed by atoms with E-state index in [4.69, 9.17) is 10.5 Å².